The third-order valence-corrected chi connectivity index (χ3v) is 3.41. The van der Waals surface area contributed by atoms with Crippen LogP contribution in [0.4, 0.5) is 5.69 Å². The molecule has 3 nitrogen and oxygen atoms in total. The zero-order valence-corrected chi connectivity index (χ0v) is 10.5. The van der Waals surface area contributed by atoms with Crippen molar-refractivity contribution in [1.29, 1.82) is 0 Å². The quantitative estimate of drug-likeness (QED) is 0.735. The third kappa shape index (κ3) is 2.43. The molecule has 0 amide bonds. The number of esters is 1. The van der Waals surface area contributed by atoms with E-state index >= 15 is 0 Å². The average Bonchev–Trinajstić information content (AvgIpc) is 2.59. The Balaban J connectivity index is 2.31. The molecule has 0 radical (unpaired) electrons. The fraction of sp³-hybridized carbons (Fsp3) is 0.500. The van der Waals surface area contributed by atoms with Gasteiger partial charge in [-0.25, -0.2) is 4.79 Å². The summed E-state index contributed by atoms with van der Waals surface area (Å²) in [5.74, 6) is -0.165. The van der Waals surface area contributed by atoms with Crippen molar-refractivity contribution in [1.82, 2.24) is 0 Å². The molecule has 0 saturated heterocycles. The molecule has 0 spiro atoms. The minimum atomic E-state index is -0.209. The lowest BCUT2D eigenvalue weighted by atomic mass is 10.1. The highest BCUT2D eigenvalue weighted by Crippen LogP contribution is 2.27. The molecule has 1 heterocycles. The van der Waals surface area contributed by atoms with Gasteiger partial charge in [-0.2, -0.15) is 0 Å². The summed E-state index contributed by atoms with van der Waals surface area (Å²) in [6.07, 6.45) is 3.40. The first-order valence-electron chi connectivity index (χ1n) is 6.16. The molecule has 1 atom stereocenters. The Morgan fingerprint density at radius 3 is 2.88 bits per heavy atom. The van der Waals surface area contributed by atoms with Gasteiger partial charge in [0.25, 0.3) is 0 Å². The number of nitrogens with zero attached hydrogens (tertiary/aromatic N) is 1. The van der Waals surface area contributed by atoms with Crippen molar-refractivity contribution in [2.45, 2.75) is 32.2 Å². The number of para-hydroxylation sites is 1. The average molecular weight is 233 g/mol. The minimum absolute atomic E-state index is 0.165. The fourth-order valence-corrected chi connectivity index (χ4v) is 2.42. The van der Waals surface area contributed by atoms with Gasteiger partial charge in [-0.15, -0.1) is 0 Å². The Bertz CT molecular complexity index is 403. The van der Waals surface area contributed by atoms with E-state index < -0.39 is 0 Å². The van der Waals surface area contributed by atoms with Crippen molar-refractivity contribution < 1.29 is 9.53 Å². The predicted molar refractivity (Wildman–Crippen MR) is 68.2 cm³/mol. The minimum Gasteiger partial charge on any atom is -0.467 e. The van der Waals surface area contributed by atoms with E-state index in [0.717, 1.165) is 19.4 Å². The van der Waals surface area contributed by atoms with E-state index in [2.05, 4.69) is 23.1 Å². The molecule has 0 fully saturated rings. The van der Waals surface area contributed by atoms with Crippen LogP contribution in [0, 0.1) is 0 Å². The number of aryl methyl sites for hydroxylation is 1. The fourth-order valence-electron chi connectivity index (χ4n) is 2.42. The first-order chi connectivity index (χ1) is 8.24. The lowest BCUT2D eigenvalue weighted by Gasteiger charge is -2.29. The van der Waals surface area contributed by atoms with Crippen molar-refractivity contribution in [2.75, 3.05) is 18.6 Å². The topological polar surface area (TPSA) is 29.5 Å². The van der Waals surface area contributed by atoms with E-state index in [9.17, 15) is 4.79 Å². The Morgan fingerprint density at radius 1 is 1.35 bits per heavy atom. The number of carbonyl (C=O) groups excluding carboxylic acids is 1. The number of benzene rings is 1. The van der Waals surface area contributed by atoms with Crippen LogP contribution in [0.5, 0.6) is 0 Å². The van der Waals surface area contributed by atoms with E-state index in [1.54, 1.807) is 0 Å². The Labute approximate surface area is 102 Å². The highest BCUT2D eigenvalue weighted by molar-refractivity contribution is 5.80. The number of hydrogen-bond donors (Lipinski definition) is 0. The summed E-state index contributed by atoms with van der Waals surface area (Å²) in [4.78, 5) is 13.8. The molecule has 17 heavy (non-hydrogen) atoms. The van der Waals surface area contributed by atoms with Crippen LogP contribution in [-0.4, -0.2) is 25.7 Å². The summed E-state index contributed by atoms with van der Waals surface area (Å²) in [5.41, 5.74) is 2.52. The molecule has 0 aromatic heterocycles. The zero-order valence-electron chi connectivity index (χ0n) is 10.5. The number of methoxy groups -OCH3 is 1. The number of fused-ring (bicyclic) bond motifs is 1. The molecular formula is C14H19NO2. The Morgan fingerprint density at radius 2 is 2.12 bits per heavy atom. The van der Waals surface area contributed by atoms with Gasteiger partial charge in [0.2, 0.25) is 0 Å². The molecule has 0 saturated carbocycles. The van der Waals surface area contributed by atoms with Crippen LogP contribution >= 0.6 is 0 Å². The van der Waals surface area contributed by atoms with Gasteiger partial charge < -0.3 is 9.64 Å². The van der Waals surface area contributed by atoms with Crippen molar-refractivity contribution in [3.63, 3.8) is 0 Å². The molecule has 3 heteroatoms. The van der Waals surface area contributed by atoms with Crippen molar-refractivity contribution >= 4 is 11.7 Å². The number of hydrogen-bond acceptors (Lipinski definition) is 3. The van der Waals surface area contributed by atoms with Crippen molar-refractivity contribution in [2.24, 2.45) is 0 Å². The lowest BCUT2D eigenvalue weighted by molar-refractivity contribution is -0.141. The molecule has 0 N–H and O–H groups in total. The zero-order chi connectivity index (χ0) is 12.3. The molecule has 0 bridgehead atoms. The maximum absolute atomic E-state index is 11.7. The predicted octanol–water partition coefficient (Wildman–Crippen LogP) is 2.39. The maximum atomic E-state index is 11.7. The van der Waals surface area contributed by atoms with Crippen molar-refractivity contribution in [3.8, 4) is 0 Å². The Kier molecular flexibility index (Phi) is 3.67. The molecule has 1 aromatic rings. The summed E-state index contributed by atoms with van der Waals surface area (Å²) in [6.45, 7) is 2.83. The number of rotatable bonds is 2. The summed E-state index contributed by atoms with van der Waals surface area (Å²) in [7, 11) is 1.45. The Hall–Kier alpha value is -1.51. The van der Waals surface area contributed by atoms with Gasteiger partial charge >= 0.3 is 5.97 Å². The summed E-state index contributed by atoms with van der Waals surface area (Å²) in [6, 6.07) is 8.13. The van der Waals surface area contributed by atoms with Crippen LogP contribution < -0.4 is 4.90 Å². The van der Waals surface area contributed by atoms with E-state index in [0.29, 0.717) is 0 Å². The number of carbonyl (C=O) groups is 1. The largest absolute Gasteiger partial charge is 0.467 e. The van der Waals surface area contributed by atoms with Gasteiger partial charge in [-0.1, -0.05) is 18.2 Å². The molecule has 92 valence electrons. The molecule has 0 aliphatic carbocycles. The highest BCUT2D eigenvalue weighted by Gasteiger charge is 2.25. The van der Waals surface area contributed by atoms with E-state index in [4.69, 9.17) is 4.74 Å². The standard InChI is InChI=1S/C14H19NO2/c1-11(14(16)17-2)15-10-6-5-8-12-7-3-4-9-13(12)15/h3-4,7,9,11H,5-6,8,10H2,1-2H3. The van der Waals surface area contributed by atoms with Crippen LogP contribution in [-0.2, 0) is 16.0 Å². The molecule has 1 aliphatic heterocycles. The first-order valence-corrected chi connectivity index (χ1v) is 6.16. The normalized spacial score (nSPS) is 16.9. The second-order valence-corrected chi connectivity index (χ2v) is 4.48. The van der Waals surface area contributed by atoms with Crippen LogP contribution in [0.3, 0.4) is 0 Å². The smallest absolute Gasteiger partial charge is 0.328 e. The monoisotopic (exact) mass is 233 g/mol. The SMILES string of the molecule is COC(=O)C(C)N1CCCCc2ccccc21. The van der Waals surface area contributed by atoms with Gasteiger partial charge in [-0.05, 0) is 37.8 Å². The first kappa shape index (κ1) is 12.0. The van der Waals surface area contributed by atoms with Gasteiger partial charge in [0.15, 0.2) is 0 Å². The van der Waals surface area contributed by atoms with E-state index in [1.807, 2.05) is 13.0 Å². The molecule has 2 rings (SSSR count). The van der Waals surface area contributed by atoms with Gasteiger partial charge in [0, 0.05) is 12.2 Å². The van der Waals surface area contributed by atoms with E-state index in [-0.39, 0.29) is 12.0 Å². The van der Waals surface area contributed by atoms with Crippen LogP contribution in [0.2, 0.25) is 0 Å². The van der Waals surface area contributed by atoms with Gasteiger partial charge in [-0.3, -0.25) is 0 Å². The van der Waals surface area contributed by atoms with Crippen LogP contribution in [0.1, 0.15) is 25.3 Å². The third-order valence-electron chi connectivity index (χ3n) is 3.41. The number of ether oxygens (including phenoxy) is 1. The summed E-state index contributed by atoms with van der Waals surface area (Å²) in [5, 5.41) is 0. The second-order valence-electron chi connectivity index (χ2n) is 4.48. The summed E-state index contributed by atoms with van der Waals surface area (Å²) < 4.78 is 4.84. The molecular weight excluding hydrogens is 214 g/mol. The second kappa shape index (κ2) is 5.21. The maximum Gasteiger partial charge on any atom is 0.328 e. The highest BCUT2D eigenvalue weighted by atomic mass is 16.5. The molecule has 1 aromatic carbocycles. The van der Waals surface area contributed by atoms with Crippen LogP contribution in [0.25, 0.3) is 0 Å². The van der Waals surface area contributed by atoms with E-state index in [1.165, 1.54) is 24.8 Å². The van der Waals surface area contributed by atoms with Gasteiger partial charge in [0.1, 0.15) is 6.04 Å². The molecule has 1 aliphatic rings. The lowest BCUT2D eigenvalue weighted by Crippen LogP contribution is -2.40. The molecule has 1 unspecified atom stereocenters. The van der Waals surface area contributed by atoms with Gasteiger partial charge in [0.05, 0.1) is 7.11 Å². The van der Waals surface area contributed by atoms with Crippen molar-refractivity contribution in [3.05, 3.63) is 29.8 Å². The van der Waals surface area contributed by atoms with Crippen LogP contribution in [0.15, 0.2) is 24.3 Å². The summed E-state index contributed by atoms with van der Waals surface area (Å²) >= 11 is 0. The number of anilines is 1.